The van der Waals surface area contributed by atoms with Gasteiger partial charge in [0.1, 0.15) is 12.4 Å². The van der Waals surface area contributed by atoms with E-state index in [2.05, 4.69) is 5.32 Å². The number of H-pyrrole nitrogens is 1. The van der Waals surface area contributed by atoms with Crippen LogP contribution in [0.1, 0.15) is 0 Å². The Hall–Kier alpha value is -2.41. The lowest BCUT2D eigenvalue weighted by molar-refractivity contribution is -0.116. The van der Waals surface area contributed by atoms with Crippen molar-refractivity contribution < 1.29 is 9.18 Å². The first-order chi connectivity index (χ1) is 9.45. The van der Waals surface area contributed by atoms with Crippen molar-refractivity contribution in [2.24, 2.45) is 0 Å². The first-order valence-electron chi connectivity index (χ1n) is 5.50. The molecule has 0 radical (unpaired) electrons. The molecule has 0 aliphatic heterocycles. The summed E-state index contributed by atoms with van der Waals surface area (Å²) in [5.74, 6) is -1.11. The minimum Gasteiger partial charge on any atom is -0.324 e. The third-order valence-corrected chi connectivity index (χ3v) is 2.70. The second-order valence-corrected chi connectivity index (χ2v) is 4.32. The van der Waals surface area contributed by atoms with E-state index >= 15 is 0 Å². The van der Waals surface area contributed by atoms with Gasteiger partial charge in [-0.2, -0.15) is 0 Å². The summed E-state index contributed by atoms with van der Waals surface area (Å²) in [4.78, 5) is 36.0. The summed E-state index contributed by atoms with van der Waals surface area (Å²) < 4.78 is 14.0. The van der Waals surface area contributed by atoms with Gasteiger partial charge in [-0.1, -0.05) is 11.6 Å². The Morgan fingerprint density at radius 3 is 2.75 bits per heavy atom. The van der Waals surface area contributed by atoms with Crippen LogP contribution in [0.4, 0.5) is 10.1 Å². The molecule has 0 unspecified atom stereocenters. The molecule has 104 valence electrons. The molecule has 0 bridgehead atoms. The molecule has 6 nitrogen and oxygen atoms in total. The van der Waals surface area contributed by atoms with Crippen LogP contribution < -0.4 is 16.6 Å². The standard InChI is InChI=1S/C12H9ClFN3O3/c13-8-5-7(1-2-9(8)14)15-11(19)6-17-4-3-10(18)16-12(17)20/h1-5H,6H2,(H,15,19)(H,16,18,20). The Kier molecular flexibility index (Phi) is 3.99. The second kappa shape index (κ2) is 5.70. The summed E-state index contributed by atoms with van der Waals surface area (Å²) in [6.45, 7) is -0.287. The monoisotopic (exact) mass is 297 g/mol. The van der Waals surface area contributed by atoms with Gasteiger partial charge in [-0.25, -0.2) is 9.18 Å². The van der Waals surface area contributed by atoms with Crippen molar-refractivity contribution in [2.45, 2.75) is 6.54 Å². The van der Waals surface area contributed by atoms with Crippen molar-refractivity contribution in [2.75, 3.05) is 5.32 Å². The Balaban J connectivity index is 2.10. The topological polar surface area (TPSA) is 84.0 Å². The summed E-state index contributed by atoms with van der Waals surface area (Å²) in [5.41, 5.74) is -0.930. The van der Waals surface area contributed by atoms with Gasteiger partial charge in [0.05, 0.1) is 5.02 Å². The molecule has 0 aliphatic carbocycles. The van der Waals surface area contributed by atoms with Crippen molar-refractivity contribution in [1.82, 2.24) is 9.55 Å². The van der Waals surface area contributed by atoms with Crippen LogP contribution in [0.15, 0.2) is 40.1 Å². The number of amides is 1. The van der Waals surface area contributed by atoms with Crippen LogP contribution in [0, 0.1) is 5.82 Å². The van der Waals surface area contributed by atoms with Crippen LogP contribution >= 0.6 is 11.6 Å². The van der Waals surface area contributed by atoms with Gasteiger partial charge in [0.15, 0.2) is 0 Å². The third kappa shape index (κ3) is 3.33. The number of aromatic amines is 1. The quantitative estimate of drug-likeness (QED) is 0.885. The average molecular weight is 298 g/mol. The zero-order valence-corrected chi connectivity index (χ0v) is 10.8. The molecule has 8 heteroatoms. The van der Waals surface area contributed by atoms with Crippen LogP contribution in [0.3, 0.4) is 0 Å². The van der Waals surface area contributed by atoms with Gasteiger partial charge in [0.2, 0.25) is 5.91 Å². The largest absolute Gasteiger partial charge is 0.328 e. The lowest BCUT2D eigenvalue weighted by atomic mass is 10.3. The van der Waals surface area contributed by atoms with E-state index in [-0.39, 0.29) is 11.6 Å². The van der Waals surface area contributed by atoms with Gasteiger partial charge in [-0.15, -0.1) is 0 Å². The highest BCUT2D eigenvalue weighted by atomic mass is 35.5. The van der Waals surface area contributed by atoms with E-state index in [0.717, 1.165) is 16.7 Å². The summed E-state index contributed by atoms with van der Waals surface area (Å²) in [6.07, 6.45) is 1.21. The average Bonchev–Trinajstić information content (AvgIpc) is 2.37. The fraction of sp³-hybridized carbons (Fsp3) is 0.0833. The van der Waals surface area contributed by atoms with Crippen molar-refractivity contribution >= 4 is 23.2 Å². The molecule has 0 aliphatic rings. The van der Waals surface area contributed by atoms with Crippen LogP contribution in [-0.2, 0) is 11.3 Å². The number of anilines is 1. The number of nitrogens with zero attached hydrogens (tertiary/aromatic N) is 1. The molecule has 0 fully saturated rings. The number of aromatic nitrogens is 2. The first-order valence-corrected chi connectivity index (χ1v) is 5.88. The summed E-state index contributed by atoms with van der Waals surface area (Å²) >= 11 is 5.58. The highest BCUT2D eigenvalue weighted by molar-refractivity contribution is 6.31. The molecule has 0 atom stereocenters. The number of rotatable bonds is 3. The maximum Gasteiger partial charge on any atom is 0.328 e. The molecule has 1 amide bonds. The first kappa shape index (κ1) is 14.0. The van der Waals surface area contributed by atoms with Crippen LogP contribution in [0.2, 0.25) is 5.02 Å². The summed E-state index contributed by atoms with van der Waals surface area (Å²) in [6, 6.07) is 4.84. The van der Waals surface area contributed by atoms with E-state index in [4.69, 9.17) is 11.6 Å². The van der Waals surface area contributed by atoms with E-state index in [1.165, 1.54) is 18.3 Å². The van der Waals surface area contributed by atoms with Gasteiger partial charge in [-0.05, 0) is 18.2 Å². The van der Waals surface area contributed by atoms with Crippen molar-refractivity contribution in [3.8, 4) is 0 Å². The van der Waals surface area contributed by atoms with Crippen molar-refractivity contribution in [1.29, 1.82) is 0 Å². The summed E-state index contributed by atoms with van der Waals surface area (Å²) in [7, 11) is 0. The minimum absolute atomic E-state index is 0.121. The second-order valence-electron chi connectivity index (χ2n) is 3.92. The number of hydrogen-bond acceptors (Lipinski definition) is 3. The zero-order chi connectivity index (χ0) is 14.7. The van der Waals surface area contributed by atoms with Crippen LogP contribution in [0.25, 0.3) is 0 Å². The van der Waals surface area contributed by atoms with E-state index in [1.54, 1.807) is 0 Å². The predicted octanol–water partition coefficient (Wildman–Crippen LogP) is 0.968. The van der Waals surface area contributed by atoms with Crippen molar-refractivity contribution in [3.05, 3.63) is 62.1 Å². The molecular weight excluding hydrogens is 289 g/mol. The Labute approximate surface area is 116 Å². The van der Waals surface area contributed by atoms with Gasteiger partial charge in [-0.3, -0.25) is 19.1 Å². The van der Waals surface area contributed by atoms with E-state index in [0.29, 0.717) is 5.69 Å². The van der Waals surface area contributed by atoms with Crippen molar-refractivity contribution in [3.63, 3.8) is 0 Å². The lowest BCUT2D eigenvalue weighted by Crippen LogP contribution is -2.32. The maximum absolute atomic E-state index is 12.9. The molecular formula is C12H9ClFN3O3. The van der Waals surface area contributed by atoms with Gasteiger partial charge < -0.3 is 5.32 Å². The highest BCUT2D eigenvalue weighted by Crippen LogP contribution is 2.19. The number of halogens is 2. The molecule has 2 rings (SSSR count). The molecule has 1 aromatic heterocycles. The molecule has 1 aromatic carbocycles. The summed E-state index contributed by atoms with van der Waals surface area (Å²) in [5, 5.41) is 2.34. The van der Waals surface area contributed by atoms with Gasteiger partial charge in [0, 0.05) is 18.0 Å². The molecule has 2 N–H and O–H groups in total. The van der Waals surface area contributed by atoms with E-state index in [9.17, 15) is 18.8 Å². The molecule has 2 aromatic rings. The SMILES string of the molecule is O=C(Cn1ccc(=O)[nH]c1=O)Nc1ccc(F)c(Cl)c1. The normalized spacial score (nSPS) is 10.3. The smallest absolute Gasteiger partial charge is 0.324 e. The highest BCUT2D eigenvalue weighted by Gasteiger charge is 2.07. The fourth-order valence-corrected chi connectivity index (χ4v) is 1.68. The lowest BCUT2D eigenvalue weighted by Gasteiger charge is -2.07. The molecule has 0 saturated heterocycles. The minimum atomic E-state index is -0.690. The zero-order valence-electron chi connectivity index (χ0n) is 10.0. The van der Waals surface area contributed by atoms with E-state index in [1.807, 2.05) is 4.98 Å². The van der Waals surface area contributed by atoms with Gasteiger partial charge >= 0.3 is 5.69 Å². The third-order valence-electron chi connectivity index (χ3n) is 2.41. The van der Waals surface area contributed by atoms with Gasteiger partial charge in [0.25, 0.3) is 5.56 Å². The Morgan fingerprint density at radius 2 is 2.10 bits per heavy atom. The number of carbonyl (C=O) groups excluding carboxylic acids is 1. The van der Waals surface area contributed by atoms with Crippen LogP contribution in [-0.4, -0.2) is 15.5 Å². The number of carbonyl (C=O) groups is 1. The van der Waals surface area contributed by atoms with Crippen LogP contribution in [0.5, 0.6) is 0 Å². The molecule has 20 heavy (non-hydrogen) atoms. The Morgan fingerprint density at radius 1 is 1.35 bits per heavy atom. The number of benzene rings is 1. The maximum atomic E-state index is 12.9. The number of hydrogen-bond donors (Lipinski definition) is 2. The molecule has 0 saturated carbocycles. The number of nitrogens with one attached hydrogen (secondary N) is 2. The Bertz CT molecular complexity index is 769. The molecule has 1 heterocycles. The predicted molar refractivity (Wildman–Crippen MR) is 71.4 cm³/mol. The molecule has 0 spiro atoms. The van der Waals surface area contributed by atoms with E-state index < -0.39 is 23.0 Å². The fourth-order valence-electron chi connectivity index (χ4n) is 1.50.